The average Bonchev–Trinajstić information content (AvgIpc) is 3.09. The van der Waals surface area contributed by atoms with Crippen LogP contribution in [0.25, 0.3) is 10.2 Å². The van der Waals surface area contributed by atoms with Gasteiger partial charge in [-0.15, -0.1) is 11.3 Å². The smallest absolute Gasteiger partial charge is 0.231 e. The summed E-state index contributed by atoms with van der Waals surface area (Å²) < 4.78 is 5.91. The third-order valence-corrected chi connectivity index (χ3v) is 4.90. The number of thiophene rings is 1. The lowest BCUT2D eigenvalue weighted by molar-refractivity contribution is 0.112. The van der Waals surface area contributed by atoms with Gasteiger partial charge in [0.05, 0.1) is 5.39 Å². The lowest BCUT2D eigenvalue weighted by atomic mass is 10.2. The Morgan fingerprint density at radius 1 is 1.14 bits per heavy atom. The summed E-state index contributed by atoms with van der Waals surface area (Å²) in [7, 11) is 0. The van der Waals surface area contributed by atoms with Crippen LogP contribution in [0.1, 0.15) is 27.2 Å². The maximum atomic E-state index is 10.7. The second-order valence-electron chi connectivity index (χ2n) is 5.01. The van der Waals surface area contributed by atoms with Gasteiger partial charge in [-0.2, -0.15) is 0 Å². The molecule has 2 heterocycles. The fraction of sp³-hybridized carbons (Fsp3) is 0.188. The number of rotatable bonds is 3. The normalized spacial score (nSPS) is 13.3. The van der Waals surface area contributed by atoms with Gasteiger partial charge in [0, 0.05) is 10.4 Å². The number of nitrogens with zero attached hydrogens (tertiary/aromatic N) is 2. The van der Waals surface area contributed by atoms with Crippen LogP contribution in [0.5, 0.6) is 11.6 Å². The van der Waals surface area contributed by atoms with E-state index in [9.17, 15) is 4.79 Å². The molecule has 0 radical (unpaired) electrons. The highest BCUT2D eigenvalue weighted by molar-refractivity contribution is 7.18. The predicted molar refractivity (Wildman–Crippen MR) is 81.3 cm³/mol. The summed E-state index contributed by atoms with van der Waals surface area (Å²) in [6.45, 7) is 0. The molecule has 0 bridgehead atoms. The van der Waals surface area contributed by atoms with Gasteiger partial charge in [0.25, 0.3) is 0 Å². The van der Waals surface area contributed by atoms with Gasteiger partial charge < -0.3 is 4.74 Å². The van der Waals surface area contributed by atoms with Crippen molar-refractivity contribution in [2.75, 3.05) is 0 Å². The van der Waals surface area contributed by atoms with Crippen LogP contribution >= 0.6 is 11.3 Å². The fourth-order valence-corrected chi connectivity index (χ4v) is 3.92. The molecule has 0 saturated heterocycles. The predicted octanol–water partition coefficient (Wildman–Crippen LogP) is 3.78. The molecule has 0 spiro atoms. The van der Waals surface area contributed by atoms with Crippen molar-refractivity contribution in [1.82, 2.24) is 9.97 Å². The molecule has 0 N–H and O–H groups in total. The van der Waals surface area contributed by atoms with E-state index in [1.807, 2.05) is 0 Å². The van der Waals surface area contributed by atoms with Crippen molar-refractivity contribution in [1.29, 1.82) is 0 Å². The van der Waals surface area contributed by atoms with Gasteiger partial charge in [-0.1, -0.05) is 0 Å². The van der Waals surface area contributed by atoms with Gasteiger partial charge in [-0.05, 0) is 49.1 Å². The number of hydrogen-bond donors (Lipinski definition) is 0. The highest BCUT2D eigenvalue weighted by Crippen LogP contribution is 2.40. The van der Waals surface area contributed by atoms with E-state index in [2.05, 4.69) is 9.97 Å². The Morgan fingerprint density at radius 2 is 2.00 bits per heavy atom. The molecule has 0 fully saturated rings. The van der Waals surface area contributed by atoms with E-state index in [-0.39, 0.29) is 0 Å². The van der Waals surface area contributed by atoms with Crippen molar-refractivity contribution in [3.8, 4) is 11.6 Å². The summed E-state index contributed by atoms with van der Waals surface area (Å²) in [6.07, 6.45) is 5.76. The molecule has 1 aromatic carbocycles. The fourth-order valence-electron chi connectivity index (χ4n) is 2.70. The van der Waals surface area contributed by atoms with Crippen molar-refractivity contribution in [2.24, 2.45) is 0 Å². The van der Waals surface area contributed by atoms with Crippen molar-refractivity contribution >= 4 is 27.8 Å². The number of carbonyl (C=O) groups is 1. The molecule has 0 amide bonds. The van der Waals surface area contributed by atoms with Crippen LogP contribution in [0.15, 0.2) is 30.6 Å². The zero-order chi connectivity index (χ0) is 14.2. The number of benzene rings is 1. The van der Waals surface area contributed by atoms with Gasteiger partial charge in [-0.25, -0.2) is 9.97 Å². The zero-order valence-corrected chi connectivity index (χ0v) is 12.0. The average molecular weight is 296 g/mol. The Hall–Kier alpha value is -2.27. The van der Waals surface area contributed by atoms with E-state index < -0.39 is 0 Å². The molecule has 104 valence electrons. The molecule has 21 heavy (non-hydrogen) atoms. The summed E-state index contributed by atoms with van der Waals surface area (Å²) in [5, 5.41) is 1.05. The highest BCUT2D eigenvalue weighted by Gasteiger charge is 2.22. The van der Waals surface area contributed by atoms with E-state index >= 15 is 0 Å². The van der Waals surface area contributed by atoms with E-state index in [0.717, 1.165) is 29.3 Å². The molecule has 0 saturated carbocycles. The second-order valence-corrected chi connectivity index (χ2v) is 6.09. The number of hydrogen-bond acceptors (Lipinski definition) is 5. The molecule has 1 aliphatic rings. The first-order valence-corrected chi connectivity index (χ1v) is 7.65. The number of carbonyl (C=O) groups excluding carboxylic acids is 1. The van der Waals surface area contributed by atoms with E-state index in [0.29, 0.717) is 17.2 Å². The summed E-state index contributed by atoms with van der Waals surface area (Å²) in [6, 6.07) is 7.03. The number of aryl methyl sites for hydroxylation is 2. The van der Waals surface area contributed by atoms with Crippen LogP contribution in [-0.4, -0.2) is 16.3 Å². The first-order chi connectivity index (χ1) is 10.3. The Kier molecular flexibility index (Phi) is 2.93. The van der Waals surface area contributed by atoms with Crippen molar-refractivity contribution < 1.29 is 9.53 Å². The Balaban J connectivity index is 1.77. The minimum atomic E-state index is 0.609. The van der Waals surface area contributed by atoms with Crippen LogP contribution in [0, 0.1) is 0 Å². The Bertz CT molecular complexity index is 824. The molecule has 3 aromatic rings. The van der Waals surface area contributed by atoms with E-state index in [1.54, 1.807) is 41.9 Å². The van der Waals surface area contributed by atoms with Gasteiger partial charge >= 0.3 is 0 Å². The zero-order valence-electron chi connectivity index (χ0n) is 11.2. The Morgan fingerprint density at radius 3 is 2.81 bits per heavy atom. The van der Waals surface area contributed by atoms with Crippen LogP contribution in [-0.2, 0) is 12.8 Å². The number of aldehydes is 1. The first-order valence-electron chi connectivity index (χ1n) is 6.83. The molecule has 0 unspecified atom stereocenters. The van der Waals surface area contributed by atoms with Crippen LogP contribution in [0.3, 0.4) is 0 Å². The molecule has 1 aliphatic carbocycles. The largest absolute Gasteiger partial charge is 0.438 e. The van der Waals surface area contributed by atoms with Gasteiger partial charge in [0.15, 0.2) is 0 Å². The van der Waals surface area contributed by atoms with Gasteiger partial charge in [-0.3, -0.25) is 4.79 Å². The van der Waals surface area contributed by atoms with E-state index in [4.69, 9.17) is 4.74 Å². The molecule has 4 rings (SSSR count). The second kappa shape index (κ2) is 4.93. The van der Waals surface area contributed by atoms with Crippen LogP contribution in [0.4, 0.5) is 0 Å². The third kappa shape index (κ3) is 2.10. The monoisotopic (exact) mass is 296 g/mol. The van der Waals surface area contributed by atoms with Crippen LogP contribution < -0.4 is 4.74 Å². The summed E-state index contributed by atoms with van der Waals surface area (Å²) in [5.41, 5.74) is 1.97. The summed E-state index contributed by atoms with van der Waals surface area (Å²) in [4.78, 5) is 21.7. The molecular weight excluding hydrogens is 284 g/mol. The van der Waals surface area contributed by atoms with Gasteiger partial charge in [0.2, 0.25) is 5.88 Å². The minimum absolute atomic E-state index is 0.609. The molecule has 0 aliphatic heterocycles. The third-order valence-electron chi connectivity index (χ3n) is 3.70. The number of ether oxygens (including phenoxy) is 1. The topological polar surface area (TPSA) is 52.1 Å². The quantitative estimate of drug-likeness (QED) is 0.690. The molecule has 4 nitrogen and oxygen atoms in total. The minimum Gasteiger partial charge on any atom is -0.438 e. The number of aromatic nitrogens is 2. The van der Waals surface area contributed by atoms with Crippen LogP contribution in [0.2, 0.25) is 0 Å². The Labute approximate surface area is 125 Å². The maximum Gasteiger partial charge on any atom is 0.231 e. The van der Waals surface area contributed by atoms with Gasteiger partial charge in [0.1, 0.15) is 23.2 Å². The van der Waals surface area contributed by atoms with Crippen molar-refractivity contribution in [3.63, 3.8) is 0 Å². The lowest BCUT2D eigenvalue weighted by Gasteiger charge is -2.06. The van der Waals surface area contributed by atoms with Crippen molar-refractivity contribution in [3.05, 3.63) is 46.6 Å². The van der Waals surface area contributed by atoms with E-state index in [1.165, 1.54) is 16.9 Å². The molecule has 2 aromatic heterocycles. The SMILES string of the molecule is O=Cc1ccc(Oc2ncnc3sc4c(c23)CCC4)cc1. The standard InChI is InChI=1S/C16H12N2O2S/c19-8-10-4-6-11(7-5-10)20-15-14-12-2-1-3-13(12)21-16(14)18-9-17-15/h4-9H,1-3H2. The summed E-state index contributed by atoms with van der Waals surface area (Å²) >= 11 is 1.74. The first kappa shape index (κ1) is 12.5. The highest BCUT2D eigenvalue weighted by atomic mass is 32.1. The summed E-state index contributed by atoms with van der Waals surface area (Å²) in [5.74, 6) is 1.29. The molecular formula is C16H12N2O2S. The maximum absolute atomic E-state index is 10.7. The lowest BCUT2D eigenvalue weighted by Crippen LogP contribution is -1.91. The van der Waals surface area contributed by atoms with Crippen molar-refractivity contribution in [2.45, 2.75) is 19.3 Å². The number of fused-ring (bicyclic) bond motifs is 3. The molecule has 0 atom stereocenters. The molecule has 5 heteroatoms.